The zero-order valence-electron chi connectivity index (χ0n) is 13.6. The van der Waals surface area contributed by atoms with E-state index in [1.165, 1.54) is 12.1 Å². The van der Waals surface area contributed by atoms with Gasteiger partial charge in [-0.2, -0.15) is 5.10 Å². The number of carbonyl (C=O) groups is 1. The van der Waals surface area contributed by atoms with Crippen LogP contribution in [0.25, 0.3) is 11.3 Å². The minimum atomic E-state index is -3.58. The lowest BCUT2D eigenvalue weighted by Gasteiger charge is -2.07. The third-order valence-corrected chi connectivity index (χ3v) is 5.52. The molecule has 0 saturated heterocycles. The largest absolute Gasteiger partial charge is 0.351 e. The monoisotopic (exact) mass is 373 g/mol. The molecule has 3 rings (SSSR count). The lowest BCUT2D eigenvalue weighted by molar-refractivity contribution is 0.0956. The number of H-pyrrole nitrogens is 1. The van der Waals surface area contributed by atoms with E-state index in [0.29, 0.717) is 5.56 Å². The Balaban J connectivity index is 1.58. The number of halogens is 1. The predicted octanol–water partition coefficient (Wildman–Crippen LogP) is 2.42. The second-order valence-electron chi connectivity index (χ2n) is 5.58. The molecular formula is C18H16FN3O3S. The number of aromatic nitrogens is 2. The molecule has 2 aromatic carbocycles. The van der Waals surface area contributed by atoms with Gasteiger partial charge < -0.3 is 5.32 Å². The summed E-state index contributed by atoms with van der Waals surface area (Å²) in [7, 11) is -3.58. The van der Waals surface area contributed by atoms with Gasteiger partial charge in [0, 0.05) is 18.3 Å². The summed E-state index contributed by atoms with van der Waals surface area (Å²) in [6.45, 7) is -0.0408. The van der Waals surface area contributed by atoms with E-state index in [1.54, 1.807) is 30.5 Å². The molecular weight excluding hydrogens is 357 g/mol. The van der Waals surface area contributed by atoms with Crippen LogP contribution in [-0.4, -0.2) is 36.8 Å². The molecule has 1 aromatic heterocycles. The van der Waals surface area contributed by atoms with Gasteiger partial charge in [-0.25, -0.2) is 12.8 Å². The van der Waals surface area contributed by atoms with Gasteiger partial charge >= 0.3 is 0 Å². The van der Waals surface area contributed by atoms with E-state index < -0.39 is 15.7 Å². The molecule has 0 unspecified atom stereocenters. The molecule has 2 N–H and O–H groups in total. The first-order chi connectivity index (χ1) is 12.5. The smallest absolute Gasteiger partial charge is 0.251 e. The van der Waals surface area contributed by atoms with Crippen molar-refractivity contribution in [1.82, 2.24) is 15.5 Å². The molecule has 0 saturated carbocycles. The quantitative estimate of drug-likeness (QED) is 0.649. The van der Waals surface area contributed by atoms with Crippen molar-refractivity contribution in [2.45, 2.75) is 4.90 Å². The van der Waals surface area contributed by atoms with Crippen LogP contribution in [0.2, 0.25) is 0 Å². The number of sulfone groups is 1. The minimum Gasteiger partial charge on any atom is -0.351 e. The van der Waals surface area contributed by atoms with Crippen LogP contribution in [0.4, 0.5) is 4.39 Å². The second-order valence-corrected chi connectivity index (χ2v) is 7.69. The first kappa shape index (κ1) is 17.8. The van der Waals surface area contributed by atoms with Gasteiger partial charge in [0.25, 0.3) is 5.91 Å². The number of benzene rings is 2. The summed E-state index contributed by atoms with van der Waals surface area (Å²) in [5, 5.41) is 9.28. The third kappa shape index (κ3) is 4.15. The number of carbonyl (C=O) groups excluding carboxylic acids is 1. The summed E-state index contributed by atoms with van der Waals surface area (Å²) in [5.74, 6) is -1.14. The highest BCUT2D eigenvalue weighted by molar-refractivity contribution is 7.91. The molecule has 26 heavy (non-hydrogen) atoms. The van der Waals surface area contributed by atoms with Crippen LogP contribution in [0.3, 0.4) is 0 Å². The van der Waals surface area contributed by atoms with Crippen molar-refractivity contribution in [3.05, 3.63) is 72.2 Å². The molecule has 0 aliphatic rings. The van der Waals surface area contributed by atoms with Crippen LogP contribution in [-0.2, 0) is 9.84 Å². The van der Waals surface area contributed by atoms with Crippen LogP contribution < -0.4 is 5.32 Å². The van der Waals surface area contributed by atoms with Crippen LogP contribution in [0.15, 0.2) is 65.7 Å². The molecule has 1 amide bonds. The number of aromatic amines is 1. The van der Waals surface area contributed by atoms with Crippen LogP contribution in [0, 0.1) is 5.82 Å². The molecule has 0 spiro atoms. The van der Waals surface area contributed by atoms with Crippen molar-refractivity contribution < 1.29 is 17.6 Å². The fraction of sp³-hybridized carbons (Fsp3) is 0.111. The number of nitrogens with one attached hydrogen (secondary N) is 2. The van der Waals surface area contributed by atoms with E-state index in [9.17, 15) is 17.6 Å². The Morgan fingerprint density at radius 1 is 1.04 bits per heavy atom. The zero-order chi connectivity index (χ0) is 18.6. The van der Waals surface area contributed by atoms with Crippen molar-refractivity contribution in [1.29, 1.82) is 0 Å². The van der Waals surface area contributed by atoms with Gasteiger partial charge in [0.2, 0.25) is 0 Å². The topological polar surface area (TPSA) is 91.9 Å². The fourth-order valence-corrected chi connectivity index (χ4v) is 3.54. The predicted molar refractivity (Wildman–Crippen MR) is 94.8 cm³/mol. The third-order valence-electron chi connectivity index (χ3n) is 3.79. The first-order valence-corrected chi connectivity index (χ1v) is 9.47. The Bertz CT molecular complexity index is 983. The fourth-order valence-electron chi connectivity index (χ4n) is 2.38. The average Bonchev–Trinajstić information content (AvgIpc) is 3.17. The maximum absolute atomic E-state index is 12.9. The highest BCUT2D eigenvalue weighted by atomic mass is 32.2. The van der Waals surface area contributed by atoms with Gasteiger partial charge in [-0.05, 0) is 48.0 Å². The summed E-state index contributed by atoms with van der Waals surface area (Å²) in [6.07, 6.45) is 1.64. The summed E-state index contributed by atoms with van der Waals surface area (Å²) >= 11 is 0. The van der Waals surface area contributed by atoms with Gasteiger partial charge in [0.1, 0.15) is 5.82 Å². The molecule has 0 fully saturated rings. The summed E-state index contributed by atoms with van der Waals surface area (Å²) in [5.41, 5.74) is 2.15. The lowest BCUT2D eigenvalue weighted by atomic mass is 10.1. The maximum Gasteiger partial charge on any atom is 0.251 e. The number of hydrogen-bond acceptors (Lipinski definition) is 4. The van der Waals surface area contributed by atoms with Crippen LogP contribution in [0.5, 0.6) is 0 Å². The number of amides is 1. The van der Waals surface area contributed by atoms with E-state index in [2.05, 4.69) is 15.5 Å². The van der Waals surface area contributed by atoms with Gasteiger partial charge in [0.15, 0.2) is 9.84 Å². The Morgan fingerprint density at radius 2 is 1.73 bits per heavy atom. The molecule has 0 radical (unpaired) electrons. The molecule has 0 atom stereocenters. The van der Waals surface area contributed by atoms with E-state index in [1.807, 2.05) is 6.07 Å². The van der Waals surface area contributed by atoms with Crippen molar-refractivity contribution in [3.8, 4) is 11.3 Å². The zero-order valence-corrected chi connectivity index (χ0v) is 14.5. The number of hydrogen-bond donors (Lipinski definition) is 2. The second kappa shape index (κ2) is 7.49. The van der Waals surface area contributed by atoms with Crippen molar-refractivity contribution in [3.63, 3.8) is 0 Å². The standard InChI is InChI=1S/C18H16FN3O3S/c19-15-5-7-16(8-6-15)26(24,25)12-11-20-18(23)14-3-1-13(2-4-14)17-9-10-21-22-17/h1-10H,11-12H2,(H,20,23)(H,21,22). The van der Waals surface area contributed by atoms with Gasteiger partial charge in [-0.15, -0.1) is 0 Å². The van der Waals surface area contributed by atoms with Crippen LogP contribution >= 0.6 is 0 Å². The van der Waals surface area contributed by atoms with Gasteiger partial charge in [-0.3, -0.25) is 9.89 Å². The van der Waals surface area contributed by atoms with E-state index >= 15 is 0 Å². The molecule has 0 bridgehead atoms. The molecule has 6 nitrogen and oxygen atoms in total. The number of rotatable bonds is 6. The highest BCUT2D eigenvalue weighted by Crippen LogP contribution is 2.16. The Labute approximate surface area is 150 Å². The molecule has 3 aromatic rings. The Morgan fingerprint density at radius 3 is 2.35 bits per heavy atom. The van der Waals surface area contributed by atoms with E-state index in [0.717, 1.165) is 23.4 Å². The average molecular weight is 373 g/mol. The lowest BCUT2D eigenvalue weighted by Crippen LogP contribution is -2.29. The highest BCUT2D eigenvalue weighted by Gasteiger charge is 2.15. The molecule has 8 heteroatoms. The van der Waals surface area contributed by atoms with Gasteiger partial charge in [0.05, 0.1) is 16.3 Å². The normalized spacial score (nSPS) is 11.3. The molecule has 1 heterocycles. The summed E-state index contributed by atoms with van der Waals surface area (Å²) in [6, 6.07) is 13.3. The SMILES string of the molecule is O=C(NCCS(=O)(=O)c1ccc(F)cc1)c1ccc(-c2ccn[nH]2)cc1. The van der Waals surface area contributed by atoms with Gasteiger partial charge in [-0.1, -0.05) is 12.1 Å². The summed E-state index contributed by atoms with van der Waals surface area (Å²) in [4.78, 5) is 12.2. The first-order valence-electron chi connectivity index (χ1n) is 7.82. The Hall–Kier alpha value is -3.00. The summed E-state index contributed by atoms with van der Waals surface area (Å²) < 4.78 is 37.2. The van der Waals surface area contributed by atoms with E-state index in [-0.39, 0.29) is 23.1 Å². The minimum absolute atomic E-state index is 0.0251. The Kier molecular flexibility index (Phi) is 5.13. The maximum atomic E-state index is 12.9. The van der Waals surface area contributed by atoms with Crippen molar-refractivity contribution >= 4 is 15.7 Å². The van der Waals surface area contributed by atoms with E-state index in [4.69, 9.17) is 0 Å². The molecule has 0 aliphatic heterocycles. The van der Waals surface area contributed by atoms with Crippen LogP contribution in [0.1, 0.15) is 10.4 Å². The molecule has 0 aliphatic carbocycles. The number of nitrogens with zero attached hydrogens (tertiary/aromatic N) is 1. The van der Waals surface area contributed by atoms with Crippen molar-refractivity contribution in [2.75, 3.05) is 12.3 Å². The molecule has 134 valence electrons. The van der Waals surface area contributed by atoms with Crippen molar-refractivity contribution in [2.24, 2.45) is 0 Å².